The first-order valence-corrected chi connectivity index (χ1v) is 6.94. The molecule has 1 amide bonds. The number of amides is 1. The second kappa shape index (κ2) is 6.72. The van der Waals surface area contributed by atoms with Gasteiger partial charge in [0.1, 0.15) is 17.4 Å². The van der Waals surface area contributed by atoms with Crippen LogP contribution in [0.4, 0.5) is 4.79 Å². The fraction of sp³-hybridized carbons (Fsp3) is 0.786. The number of rotatable bonds is 4. The van der Waals surface area contributed by atoms with Crippen molar-refractivity contribution in [3.63, 3.8) is 0 Å². The van der Waals surface area contributed by atoms with E-state index in [-0.39, 0.29) is 18.1 Å². The SMILES string of the molecule is CC(C)(C)OC(=O)N[C@@H](CC1CCCCC1=O)C(=O)O. The van der Waals surface area contributed by atoms with Gasteiger partial charge < -0.3 is 15.2 Å². The Labute approximate surface area is 118 Å². The van der Waals surface area contributed by atoms with E-state index in [0.29, 0.717) is 12.8 Å². The Balaban J connectivity index is 2.58. The van der Waals surface area contributed by atoms with E-state index >= 15 is 0 Å². The fourth-order valence-electron chi connectivity index (χ4n) is 2.26. The van der Waals surface area contributed by atoms with E-state index in [1.807, 2.05) is 0 Å². The molecule has 2 atom stereocenters. The first-order valence-electron chi connectivity index (χ1n) is 6.94. The lowest BCUT2D eigenvalue weighted by molar-refractivity contribution is -0.140. The van der Waals surface area contributed by atoms with Crippen molar-refractivity contribution >= 4 is 17.8 Å². The normalized spacial score (nSPS) is 21.1. The summed E-state index contributed by atoms with van der Waals surface area (Å²) in [5, 5.41) is 11.5. The summed E-state index contributed by atoms with van der Waals surface area (Å²) in [7, 11) is 0. The van der Waals surface area contributed by atoms with E-state index in [9.17, 15) is 14.4 Å². The number of carbonyl (C=O) groups excluding carboxylic acids is 2. The van der Waals surface area contributed by atoms with Crippen LogP contribution >= 0.6 is 0 Å². The summed E-state index contributed by atoms with van der Waals surface area (Å²) in [6.45, 7) is 5.10. The molecule has 0 radical (unpaired) electrons. The number of hydrogen-bond donors (Lipinski definition) is 2. The third-order valence-electron chi connectivity index (χ3n) is 3.19. The maximum Gasteiger partial charge on any atom is 0.408 e. The van der Waals surface area contributed by atoms with Crippen molar-refractivity contribution in [1.82, 2.24) is 5.32 Å². The van der Waals surface area contributed by atoms with Gasteiger partial charge in [0.15, 0.2) is 0 Å². The monoisotopic (exact) mass is 285 g/mol. The third-order valence-corrected chi connectivity index (χ3v) is 3.19. The van der Waals surface area contributed by atoms with Crippen LogP contribution in [0.1, 0.15) is 52.9 Å². The molecule has 0 aromatic rings. The van der Waals surface area contributed by atoms with Gasteiger partial charge in [-0.15, -0.1) is 0 Å². The molecule has 0 aromatic heterocycles. The number of carbonyl (C=O) groups is 3. The summed E-state index contributed by atoms with van der Waals surface area (Å²) >= 11 is 0. The Bertz CT molecular complexity index is 386. The Morgan fingerprint density at radius 1 is 1.40 bits per heavy atom. The van der Waals surface area contributed by atoms with Crippen LogP contribution in [0.15, 0.2) is 0 Å². The number of alkyl carbamates (subject to hydrolysis) is 1. The molecule has 1 rings (SSSR count). The second-order valence-electron chi connectivity index (χ2n) is 6.18. The first-order chi connectivity index (χ1) is 9.19. The van der Waals surface area contributed by atoms with Gasteiger partial charge in [-0.1, -0.05) is 6.42 Å². The highest BCUT2D eigenvalue weighted by Gasteiger charge is 2.30. The van der Waals surface area contributed by atoms with E-state index < -0.39 is 23.7 Å². The summed E-state index contributed by atoms with van der Waals surface area (Å²) in [5.41, 5.74) is -0.687. The van der Waals surface area contributed by atoms with Gasteiger partial charge in [0.2, 0.25) is 0 Å². The van der Waals surface area contributed by atoms with E-state index in [1.165, 1.54) is 0 Å². The van der Waals surface area contributed by atoms with Crippen molar-refractivity contribution < 1.29 is 24.2 Å². The van der Waals surface area contributed by atoms with Crippen LogP contribution in [0.5, 0.6) is 0 Å². The molecule has 1 aliphatic rings. The second-order valence-corrected chi connectivity index (χ2v) is 6.18. The zero-order valence-electron chi connectivity index (χ0n) is 12.3. The van der Waals surface area contributed by atoms with E-state index in [4.69, 9.17) is 9.84 Å². The molecule has 0 bridgehead atoms. The van der Waals surface area contributed by atoms with Gasteiger partial charge in [0.05, 0.1) is 0 Å². The summed E-state index contributed by atoms with van der Waals surface area (Å²) in [6.07, 6.45) is 2.35. The molecule has 0 saturated heterocycles. The number of Topliss-reactive ketones (excluding diaryl/α,β-unsaturated/α-hetero) is 1. The highest BCUT2D eigenvalue weighted by molar-refractivity contribution is 5.84. The fourth-order valence-corrected chi connectivity index (χ4v) is 2.26. The topological polar surface area (TPSA) is 92.7 Å². The van der Waals surface area contributed by atoms with E-state index in [0.717, 1.165) is 12.8 Å². The predicted molar refractivity (Wildman–Crippen MR) is 72.4 cm³/mol. The summed E-state index contributed by atoms with van der Waals surface area (Å²) in [5.74, 6) is -1.33. The minimum Gasteiger partial charge on any atom is -0.480 e. The third kappa shape index (κ3) is 5.59. The molecule has 20 heavy (non-hydrogen) atoms. The largest absolute Gasteiger partial charge is 0.480 e. The summed E-state index contributed by atoms with van der Waals surface area (Å²) in [6, 6.07) is -1.09. The smallest absolute Gasteiger partial charge is 0.408 e. The Morgan fingerprint density at radius 2 is 2.05 bits per heavy atom. The van der Waals surface area contributed by atoms with Gasteiger partial charge in [0, 0.05) is 12.3 Å². The Morgan fingerprint density at radius 3 is 2.55 bits per heavy atom. The number of carboxylic acids is 1. The van der Waals surface area contributed by atoms with Gasteiger partial charge in [0.25, 0.3) is 0 Å². The standard InChI is InChI=1S/C14H23NO5/c1-14(2,3)20-13(19)15-10(12(17)18)8-9-6-4-5-7-11(9)16/h9-10H,4-8H2,1-3H3,(H,15,19)(H,17,18)/t9?,10-/m0/s1. The molecule has 1 fully saturated rings. The van der Waals surface area contributed by atoms with Crippen molar-refractivity contribution in [2.24, 2.45) is 5.92 Å². The van der Waals surface area contributed by atoms with Gasteiger partial charge in [-0.3, -0.25) is 4.79 Å². The van der Waals surface area contributed by atoms with Crippen LogP contribution in [0.3, 0.4) is 0 Å². The highest BCUT2D eigenvalue weighted by atomic mass is 16.6. The number of ketones is 1. The first kappa shape index (κ1) is 16.5. The minimum atomic E-state index is -1.14. The average Bonchev–Trinajstić information content (AvgIpc) is 2.28. The number of ether oxygens (including phenoxy) is 1. The van der Waals surface area contributed by atoms with Crippen LogP contribution in [-0.2, 0) is 14.3 Å². The minimum absolute atomic E-state index is 0.0912. The van der Waals surface area contributed by atoms with Gasteiger partial charge in [-0.05, 0) is 40.0 Å². The lowest BCUT2D eigenvalue weighted by Crippen LogP contribution is -2.45. The predicted octanol–water partition coefficient (Wildman–Crippen LogP) is 2.11. The molecule has 0 spiro atoms. The van der Waals surface area contributed by atoms with Crippen LogP contribution in [-0.4, -0.2) is 34.6 Å². The number of carboxylic acid groups (broad SMARTS) is 1. The van der Waals surface area contributed by atoms with Crippen LogP contribution < -0.4 is 5.32 Å². The lowest BCUT2D eigenvalue weighted by atomic mass is 9.83. The molecular weight excluding hydrogens is 262 g/mol. The molecular formula is C14H23NO5. The lowest BCUT2D eigenvalue weighted by Gasteiger charge is -2.25. The summed E-state index contributed by atoms with van der Waals surface area (Å²) in [4.78, 5) is 34.5. The quantitative estimate of drug-likeness (QED) is 0.825. The van der Waals surface area contributed by atoms with Crippen molar-refractivity contribution in [3.8, 4) is 0 Å². The molecule has 2 N–H and O–H groups in total. The number of aliphatic carboxylic acids is 1. The number of nitrogens with one attached hydrogen (secondary N) is 1. The zero-order chi connectivity index (χ0) is 15.3. The van der Waals surface area contributed by atoms with Crippen molar-refractivity contribution in [2.75, 3.05) is 0 Å². The van der Waals surface area contributed by atoms with Gasteiger partial charge in [-0.2, -0.15) is 0 Å². The van der Waals surface area contributed by atoms with Gasteiger partial charge >= 0.3 is 12.1 Å². The van der Waals surface area contributed by atoms with E-state index in [2.05, 4.69) is 5.32 Å². The summed E-state index contributed by atoms with van der Waals surface area (Å²) < 4.78 is 5.04. The molecule has 6 heteroatoms. The Kier molecular flexibility index (Phi) is 5.53. The van der Waals surface area contributed by atoms with Crippen molar-refractivity contribution in [1.29, 1.82) is 0 Å². The van der Waals surface area contributed by atoms with Gasteiger partial charge in [-0.25, -0.2) is 9.59 Å². The molecule has 0 aromatic carbocycles. The maximum atomic E-state index is 11.7. The molecule has 0 aliphatic heterocycles. The molecule has 1 saturated carbocycles. The molecule has 6 nitrogen and oxygen atoms in total. The maximum absolute atomic E-state index is 11.7. The zero-order valence-corrected chi connectivity index (χ0v) is 12.3. The molecule has 1 unspecified atom stereocenters. The highest BCUT2D eigenvalue weighted by Crippen LogP contribution is 2.24. The van der Waals surface area contributed by atoms with E-state index in [1.54, 1.807) is 20.8 Å². The molecule has 114 valence electrons. The van der Waals surface area contributed by atoms with Crippen LogP contribution in [0, 0.1) is 5.92 Å². The number of hydrogen-bond acceptors (Lipinski definition) is 4. The van der Waals surface area contributed by atoms with Crippen molar-refractivity contribution in [2.45, 2.75) is 64.5 Å². The molecule has 1 aliphatic carbocycles. The molecule has 0 heterocycles. The van der Waals surface area contributed by atoms with Crippen LogP contribution in [0.2, 0.25) is 0 Å². The van der Waals surface area contributed by atoms with Crippen molar-refractivity contribution in [3.05, 3.63) is 0 Å². The van der Waals surface area contributed by atoms with Crippen LogP contribution in [0.25, 0.3) is 0 Å². The Hall–Kier alpha value is -1.59. The average molecular weight is 285 g/mol.